The Morgan fingerprint density at radius 3 is 2.33 bits per heavy atom. The predicted molar refractivity (Wildman–Crippen MR) is 76.9 cm³/mol. The van der Waals surface area contributed by atoms with Crippen molar-refractivity contribution in [3.63, 3.8) is 0 Å². The van der Waals surface area contributed by atoms with Crippen molar-refractivity contribution >= 4 is 24.0 Å². The Labute approximate surface area is 131 Å². The van der Waals surface area contributed by atoms with E-state index in [1.807, 2.05) is 4.90 Å². The van der Waals surface area contributed by atoms with Crippen LogP contribution in [-0.2, 0) is 6.18 Å². The zero-order chi connectivity index (χ0) is 14.8. The molecule has 0 radical (unpaired) electrons. The Bertz CT molecular complexity index is 462. The third kappa shape index (κ3) is 4.45. The molecule has 1 heterocycles. The van der Waals surface area contributed by atoms with E-state index < -0.39 is 24.5 Å². The molecule has 1 aliphatic heterocycles. The number of hydrogen-bond acceptors (Lipinski definition) is 2. The highest BCUT2D eigenvalue weighted by atomic mass is 35.5. The fourth-order valence-electron chi connectivity index (χ4n) is 2.36. The van der Waals surface area contributed by atoms with Crippen LogP contribution in [0.25, 0.3) is 0 Å². The molecule has 120 valence electrons. The minimum Gasteiger partial charge on any atom is -0.314 e. The lowest BCUT2D eigenvalue weighted by Gasteiger charge is -2.33. The van der Waals surface area contributed by atoms with Crippen LogP contribution in [0.2, 0.25) is 5.02 Å². The normalized spacial score (nSPS) is 18.1. The number of nitrogens with zero attached hydrogens (tertiary/aromatic N) is 1. The Balaban J connectivity index is 0.00000220. The van der Waals surface area contributed by atoms with E-state index in [0.29, 0.717) is 18.7 Å². The molecule has 0 saturated carbocycles. The molecule has 1 aromatic carbocycles. The van der Waals surface area contributed by atoms with Gasteiger partial charge < -0.3 is 5.32 Å². The van der Waals surface area contributed by atoms with Gasteiger partial charge in [0, 0.05) is 26.2 Å². The number of rotatable bonds is 3. The summed E-state index contributed by atoms with van der Waals surface area (Å²) in [4.78, 5) is 1.91. The lowest BCUT2D eigenvalue weighted by molar-refractivity contribution is -0.137. The number of hydrogen-bond donors (Lipinski definition) is 1. The van der Waals surface area contributed by atoms with Gasteiger partial charge in [-0.2, -0.15) is 13.2 Å². The average molecular weight is 347 g/mol. The van der Waals surface area contributed by atoms with Crippen LogP contribution in [0.15, 0.2) is 18.2 Å². The second-order valence-corrected chi connectivity index (χ2v) is 5.10. The molecule has 1 fully saturated rings. The molecule has 21 heavy (non-hydrogen) atoms. The van der Waals surface area contributed by atoms with Crippen molar-refractivity contribution in [1.29, 1.82) is 0 Å². The van der Waals surface area contributed by atoms with E-state index in [2.05, 4.69) is 5.32 Å². The maximum Gasteiger partial charge on any atom is 0.417 e. The fourth-order valence-corrected chi connectivity index (χ4v) is 2.66. The van der Waals surface area contributed by atoms with E-state index in [-0.39, 0.29) is 17.4 Å². The molecule has 1 atom stereocenters. The van der Waals surface area contributed by atoms with Gasteiger partial charge in [0.05, 0.1) is 16.6 Å². The van der Waals surface area contributed by atoms with Crippen molar-refractivity contribution in [1.82, 2.24) is 10.2 Å². The first-order valence-corrected chi connectivity index (χ1v) is 6.68. The van der Waals surface area contributed by atoms with Gasteiger partial charge in [0.25, 0.3) is 0 Å². The minimum atomic E-state index is -4.49. The number of nitrogens with one attached hydrogen (secondary N) is 1. The summed E-state index contributed by atoms with van der Waals surface area (Å²) in [5, 5.41) is 2.76. The van der Waals surface area contributed by atoms with Gasteiger partial charge in [0.15, 0.2) is 0 Å². The van der Waals surface area contributed by atoms with E-state index >= 15 is 0 Å². The smallest absolute Gasteiger partial charge is 0.314 e. The lowest BCUT2D eigenvalue weighted by Crippen LogP contribution is -2.45. The Morgan fingerprint density at radius 2 is 1.86 bits per heavy atom. The van der Waals surface area contributed by atoms with Gasteiger partial charge in [-0.1, -0.05) is 17.7 Å². The number of halogens is 6. The summed E-state index contributed by atoms with van der Waals surface area (Å²) in [6.07, 6.45) is -4.49. The molecule has 0 bridgehead atoms. The van der Waals surface area contributed by atoms with E-state index in [4.69, 9.17) is 11.6 Å². The second-order valence-electron chi connectivity index (χ2n) is 4.69. The quantitative estimate of drug-likeness (QED) is 0.839. The summed E-state index contributed by atoms with van der Waals surface area (Å²) >= 11 is 5.68. The molecule has 1 saturated heterocycles. The van der Waals surface area contributed by atoms with Crippen LogP contribution in [0.3, 0.4) is 0 Å². The molecular formula is C13H16Cl2F4N2. The van der Waals surface area contributed by atoms with Crippen LogP contribution in [0.5, 0.6) is 0 Å². The minimum absolute atomic E-state index is 0. The van der Waals surface area contributed by atoms with Gasteiger partial charge in [-0.05, 0) is 17.7 Å². The van der Waals surface area contributed by atoms with Gasteiger partial charge in [-0.15, -0.1) is 12.4 Å². The summed E-state index contributed by atoms with van der Waals surface area (Å²) in [6.45, 7) is 2.15. The molecule has 2 rings (SSSR count). The zero-order valence-electron chi connectivity index (χ0n) is 11.1. The monoisotopic (exact) mass is 346 g/mol. The standard InChI is InChI=1S/C13H15ClF4N2.ClH/c14-11-7-9(1-2-10(11)13(16,17)18)12(8-15)20-5-3-19-4-6-20;/h1-2,7,12,19H,3-6,8H2;1H/t12-;/m0./s1. The molecule has 0 aliphatic carbocycles. The number of piperazine rings is 1. The molecule has 0 spiro atoms. The van der Waals surface area contributed by atoms with Crippen LogP contribution in [0.1, 0.15) is 17.2 Å². The summed E-state index contributed by atoms with van der Waals surface area (Å²) < 4.78 is 51.2. The Hall–Kier alpha value is -0.560. The predicted octanol–water partition coefficient (Wildman–Crippen LogP) is 3.70. The van der Waals surface area contributed by atoms with Gasteiger partial charge in [0.1, 0.15) is 6.67 Å². The summed E-state index contributed by atoms with van der Waals surface area (Å²) in [5.41, 5.74) is -0.409. The molecule has 8 heteroatoms. The van der Waals surface area contributed by atoms with Crippen molar-refractivity contribution in [2.45, 2.75) is 12.2 Å². The molecule has 1 aliphatic rings. The van der Waals surface area contributed by atoms with Crippen molar-refractivity contribution in [2.75, 3.05) is 32.9 Å². The van der Waals surface area contributed by atoms with E-state index in [0.717, 1.165) is 19.2 Å². The Kier molecular flexibility index (Phi) is 6.71. The third-order valence-corrected chi connectivity index (χ3v) is 3.73. The van der Waals surface area contributed by atoms with Gasteiger partial charge in [-0.3, -0.25) is 4.90 Å². The molecule has 1 N–H and O–H groups in total. The first-order valence-electron chi connectivity index (χ1n) is 6.31. The van der Waals surface area contributed by atoms with Crippen LogP contribution in [0.4, 0.5) is 17.6 Å². The van der Waals surface area contributed by atoms with Crippen molar-refractivity contribution in [2.24, 2.45) is 0 Å². The van der Waals surface area contributed by atoms with Crippen LogP contribution in [-0.4, -0.2) is 37.8 Å². The van der Waals surface area contributed by atoms with Gasteiger partial charge in [-0.25, -0.2) is 4.39 Å². The maximum absolute atomic E-state index is 13.3. The molecule has 0 unspecified atom stereocenters. The molecule has 1 aromatic rings. The average Bonchev–Trinajstić information content (AvgIpc) is 2.39. The van der Waals surface area contributed by atoms with Crippen LogP contribution in [0, 0.1) is 0 Å². The number of alkyl halides is 4. The van der Waals surface area contributed by atoms with E-state index in [1.54, 1.807) is 0 Å². The summed E-state index contributed by atoms with van der Waals surface area (Å²) in [6, 6.07) is 2.90. The van der Waals surface area contributed by atoms with Gasteiger partial charge in [0.2, 0.25) is 0 Å². The molecule has 0 aromatic heterocycles. The fraction of sp³-hybridized carbons (Fsp3) is 0.538. The third-order valence-electron chi connectivity index (χ3n) is 3.42. The SMILES string of the molecule is Cl.FC[C@@H](c1ccc(C(F)(F)F)c(Cl)c1)N1CCNCC1. The summed E-state index contributed by atoms with van der Waals surface area (Å²) in [5.74, 6) is 0. The van der Waals surface area contributed by atoms with E-state index in [9.17, 15) is 17.6 Å². The zero-order valence-corrected chi connectivity index (χ0v) is 12.7. The molecule has 0 amide bonds. The highest BCUT2D eigenvalue weighted by Gasteiger charge is 2.33. The molecular weight excluding hydrogens is 331 g/mol. The highest BCUT2D eigenvalue weighted by Crippen LogP contribution is 2.36. The molecule has 2 nitrogen and oxygen atoms in total. The van der Waals surface area contributed by atoms with Crippen molar-refractivity contribution < 1.29 is 17.6 Å². The van der Waals surface area contributed by atoms with E-state index in [1.165, 1.54) is 12.1 Å². The number of benzene rings is 1. The van der Waals surface area contributed by atoms with Crippen molar-refractivity contribution in [3.05, 3.63) is 34.3 Å². The summed E-state index contributed by atoms with van der Waals surface area (Å²) in [7, 11) is 0. The second kappa shape index (κ2) is 7.63. The highest BCUT2D eigenvalue weighted by molar-refractivity contribution is 6.31. The lowest BCUT2D eigenvalue weighted by atomic mass is 10.0. The van der Waals surface area contributed by atoms with Crippen LogP contribution < -0.4 is 5.32 Å². The maximum atomic E-state index is 13.3. The van der Waals surface area contributed by atoms with Gasteiger partial charge >= 0.3 is 6.18 Å². The first kappa shape index (κ1) is 18.5. The topological polar surface area (TPSA) is 15.3 Å². The largest absolute Gasteiger partial charge is 0.417 e. The van der Waals surface area contributed by atoms with Crippen molar-refractivity contribution in [3.8, 4) is 0 Å². The van der Waals surface area contributed by atoms with Crippen LogP contribution >= 0.6 is 24.0 Å². The Morgan fingerprint density at radius 1 is 1.24 bits per heavy atom. The first-order chi connectivity index (χ1) is 9.43.